The number of nitrogens with one attached hydrogen (secondary N) is 2. The predicted octanol–water partition coefficient (Wildman–Crippen LogP) is 5.24. The maximum absolute atomic E-state index is 13.8. The molecule has 2 aromatic heterocycles. The van der Waals surface area contributed by atoms with Gasteiger partial charge in [-0.15, -0.1) is 0 Å². The van der Waals surface area contributed by atoms with Gasteiger partial charge < -0.3 is 38.4 Å². The molecular formula is C46H44N4O18S4. The number of hydrogen-bond donors (Lipinski definition) is 4. The normalized spacial score (nSPS) is 15.3. The van der Waals surface area contributed by atoms with Gasteiger partial charge in [0.05, 0.1) is 39.0 Å². The molecule has 2 fully saturated rings. The molecule has 0 unspecified atom stereocenters. The Morgan fingerprint density at radius 1 is 0.528 bits per heavy atom. The van der Waals surface area contributed by atoms with Crippen molar-refractivity contribution < 1.29 is 80.1 Å². The third-order valence-corrected chi connectivity index (χ3v) is 16.7. The molecule has 8 rings (SSSR count). The van der Waals surface area contributed by atoms with E-state index in [2.05, 4.69) is 10.6 Å². The highest BCUT2D eigenvalue weighted by molar-refractivity contribution is 7.89. The Kier molecular flexibility index (Phi) is 15.5. The van der Waals surface area contributed by atoms with E-state index in [0.29, 0.717) is 11.5 Å². The van der Waals surface area contributed by atoms with Crippen molar-refractivity contribution in [3.8, 4) is 11.5 Å². The molecule has 4 N–H and O–H groups in total. The molecule has 2 saturated heterocycles. The summed E-state index contributed by atoms with van der Waals surface area (Å²) in [6.07, 6.45) is 5.05. The smallest absolute Gasteiger partial charge is 0.295 e. The maximum Gasteiger partial charge on any atom is 0.295 e. The first-order chi connectivity index (χ1) is 34.3. The average Bonchev–Trinajstić information content (AvgIpc) is 4.10. The molecule has 4 heterocycles. The Morgan fingerprint density at radius 3 is 1.26 bits per heavy atom. The highest BCUT2D eigenvalue weighted by atomic mass is 32.2. The summed E-state index contributed by atoms with van der Waals surface area (Å²) in [6, 6.07) is 20.6. The van der Waals surface area contributed by atoms with Crippen LogP contribution in [0.25, 0.3) is 12.2 Å². The zero-order valence-electron chi connectivity index (χ0n) is 37.6. The fourth-order valence-corrected chi connectivity index (χ4v) is 12.0. The Hall–Kier alpha value is -6.72. The lowest BCUT2D eigenvalue weighted by Gasteiger charge is -2.27. The van der Waals surface area contributed by atoms with Crippen molar-refractivity contribution in [1.29, 1.82) is 0 Å². The van der Waals surface area contributed by atoms with Gasteiger partial charge in [-0.3, -0.25) is 18.7 Å². The van der Waals surface area contributed by atoms with E-state index in [0.717, 1.165) is 36.4 Å². The first-order valence-corrected chi connectivity index (χ1v) is 27.3. The van der Waals surface area contributed by atoms with Gasteiger partial charge >= 0.3 is 0 Å². The second-order valence-electron chi connectivity index (χ2n) is 15.8. The minimum absolute atomic E-state index is 0.0479. The molecule has 2 amide bonds. The lowest BCUT2D eigenvalue weighted by atomic mass is 10.1. The summed E-state index contributed by atoms with van der Waals surface area (Å²) in [7, 11) is -18.5. The van der Waals surface area contributed by atoms with Crippen LogP contribution >= 0.6 is 0 Å². The Bertz CT molecular complexity index is 3230. The van der Waals surface area contributed by atoms with Crippen LogP contribution in [0.15, 0.2) is 138 Å². The van der Waals surface area contributed by atoms with Gasteiger partial charge in [-0.05, 0) is 96.1 Å². The van der Waals surface area contributed by atoms with E-state index in [9.17, 15) is 52.4 Å². The maximum atomic E-state index is 13.8. The molecule has 22 nitrogen and oxygen atoms in total. The molecule has 4 aromatic carbocycles. The van der Waals surface area contributed by atoms with Gasteiger partial charge in [0.15, 0.2) is 0 Å². The Morgan fingerprint density at radius 2 is 0.917 bits per heavy atom. The topological polar surface area (TPSA) is 305 Å². The van der Waals surface area contributed by atoms with Gasteiger partial charge in [0.1, 0.15) is 55.8 Å². The van der Waals surface area contributed by atoms with Crippen LogP contribution in [-0.2, 0) is 63.0 Å². The zero-order valence-corrected chi connectivity index (χ0v) is 40.8. The van der Waals surface area contributed by atoms with E-state index in [4.69, 9.17) is 27.8 Å². The summed E-state index contributed by atoms with van der Waals surface area (Å²) in [5, 5.41) is 4.98. The van der Waals surface area contributed by atoms with Crippen molar-refractivity contribution in [2.75, 3.05) is 63.2 Å². The van der Waals surface area contributed by atoms with E-state index in [-0.39, 0.29) is 121 Å². The lowest BCUT2D eigenvalue weighted by Crippen LogP contribution is -2.40. The fraction of sp³-hybridized carbons (Fsp3) is 0.217. The van der Waals surface area contributed by atoms with E-state index in [1.54, 1.807) is 24.3 Å². The number of rotatable bonds is 18. The average molecular weight is 1070 g/mol. The Balaban J connectivity index is 1.02. The monoisotopic (exact) mass is 1070 g/mol. The quantitative estimate of drug-likeness (QED) is 0.0632. The van der Waals surface area contributed by atoms with Crippen LogP contribution in [0.3, 0.4) is 0 Å². The molecule has 0 spiro atoms. The molecule has 2 aliphatic heterocycles. The van der Waals surface area contributed by atoms with E-state index < -0.39 is 61.9 Å². The number of benzene rings is 4. The summed E-state index contributed by atoms with van der Waals surface area (Å²) < 4.78 is 162. The molecule has 2 aliphatic rings. The number of morpholine rings is 2. The number of amides is 2. The minimum Gasteiger partial charge on any atom is -0.484 e. The van der Waals surface area contributed by atoms with Crippen molar-refractivity contribution in [3.63, 3.8) is 0 Å². The highest BCUT2D eigenvalue weighted by Gasteiger charge is 2.32. The molecule has 72 heavy (non-hydrogen) atoms. The molecule has 6 aromatic rings. The first kappa shape index (κ1) is 51.6. The molecule has 380 valence electrons. The predicted molar refractivity (Wildman–Crippen MR) is 255 cm³/mol. The van der Waals surface area contributed by atoms with Crippen LogP contribution in [0.2, 0.25) is 0 Å². The molecule has 0 radical (unpaired) electrons. The number of carbonyl (C=O) groups excluding carboxylic acids is 2. The first-order valence-electron chi connectivity index (χ1n) is 21.6. The van der Waals surface area contributed by atoms with Crippen molar-refractivity contribution in [2.45, 2.75) is 32.8 Å². The lowest BCUT2D eigenvalue weighted by molar-refractivity contribution is 0.0729. The van der Waals surface area contributed by atoms with Crippen LogP contribution < -0.4 is 20.1 Å². The van der Waals surface area contributed by atoms with Crippen LogP contribution in [0.5, 0.6) is 11.5 Å². The molecule has 0 aliphatic carbocycles. The highest BCUT2D eigenvalue weighted by Crippen LogP contribution is 2.33. The minimum atomic E-state index is -5.05. The summed E-state index contributed by atoms with van der Waals surface area (Å²) in [4.78, 5) is 25.1. The van der Waals surface area contributed by atoms with Crippen molar-refractivity contribution in [3.05, 3.63) is 143 Å². The number of furan rings is 2. The number of hydrogen-bond acceptors (Lipinski definition) is 16. The van der Waals surface area contributed by atoms with Gasteiger partial charge in [-0.1, -0.05) is 24.3 Å². The zero-order chi connectivity index (χ0) is 51.3. The summed E-state index contributed by atoms with van der Waals surface area (Å²) in [5.41, 5.74) is -1.03. The fourth-order valence-electron chi connectivity index (χ4n) is 7.41. The van der Waals surface area contributed by atoms with Crippen LogP contribution in [0, 0.1) is 0 Å². The largest absolute Gasteiger partial charge is 0.484 e. The molecule has 26 heteroatoms. The SMILES string of the molecule is O=C(Nc1ccc(C=Cc2ccc(NC(=O)c3ccc(OCc4ccco4)c(S(=O)(=O)N4CCOCC4)c3)cc2S(=O)(=O)O)c(S(=O)(=O)O)c1)c1ccc(OCc2ccco2)c(S(=O)(=O)N2CCOCC2)c1. The van der Waals surface area contributed by atoms with Crippen LogP contribution in [0.4, 0.5) is 11.4 Å². The number of nitrogens with zero attached hydrogens (tertiary/aromatic N) is 2. The van der Waals surface area contributed by atoms with Crippen molar-refractivity contribution in [1.82, 2.24) is 8.61 Å². The summed E-state index contributed by atoms with van der Waals surface area (Å²) in [5.74, 6) is -1.07. The third kappa shape index (κ3) is 12.1. The van der Waals surface area contributed by atoms with Crippen molar-refractivity contribution in [2.24, 2.45) is 0 Å². The second kappa shape index (κ2) is 21.6. The van der Waals surface area contributed by atoms with E-state index >= 15 is 0 Å². The van der Waals surface area contributed by atoms with Gasteiger partial charge in [0.25, 0.3) is 32.1 Å². The Labute approximate surface area is 413 Å². The van der Waals surface area contributed by atoms with Gasteiger partial charge in [0, 0.05) is 48.7 Å². The summed E-state index contributed by atoms with van der Waals surface area (Å²) in [6.45, 7) is 0.534. The molecule has 0 atom stereocenters. The van der Waals surface area contributed by atoms with Gasteiger partial charge in [-0.25, -0.2) is 16.8 Å². The second-order valence-corrected chi connectivity index (χ2v) is 22.4. The van der Waals surface area contributed by atoms with Crippen LogP contribution in [-0.4, -0.2) is 116 Å². The van der Waals surface area contributed by atoms with Gasteiger partial charge in [-0.2, -0.15) is 25.4 Å². The standard InChI is InChI=1S/C46H44N4O18S4/c51-45(33-9-13-39(67-29-37-3-1-19-65-37)43(25-33)69(53,54)49-15-21-63-22-16-49)47-35-11-7-31(41(27-35)71(57,58)59)5-6-32-8-12-36(28-42(32)72(60,61)62)48-46(52)34-10-14-40(68-30-38-4-2-20-66-38)44(26-34)70(55,56)50-17-23-64-24-18-50/h1-14,19-20,25-28H,15-18,21-24,29-30H2,(H,47,51)(H,48,52)(H,57,58,59)(H,60,61,62). The summed E-state index contributed by atoms with van der Waals surface area (Å²) >= 11 is 0. The number of carbonyl (C=O) groups is 2. The molecular weight excluding hydrogens is 1020 g/mol. The molecule has 0 saturated carbocycles. The molecule has 0 bridgehead atoms. The van der Waals surface area contributed by atoms with Crippen LogP contribution in [0.1, 0.15) is 43.4 Å². The third-order valence-electron chi connectivity index (χ3n) is 11.0. The van der Waals surface area contributed by atoms with Crippen molar-refractivity contribution >= 4 is 75.6 Å². The number of sulfonamides is 2. The number of anilines is 2. The van der Waals surface area contributed by atoms with E-state index in [1.807, 2.05) is 0 Å². The van der Waals surface area contributed by atoms with E-state index in [1.165, 1.54) is 69.7 Å². The number of ether oxygens (including phenoxy) is 4. The van der Waals surface area contributed by atoms with Gasteiger partial charge in [0.2, 0.25) is 20.0 Å².